The van der Waals surface area contributed by atoms with Gasteiger partial charge in [-0.3, -0.25) is 4.79 Å². The zero-order chi connectivity index (χ0) is 13.1. The molecule has 4 nitrogen and oxygen atoms in total. The SMILES string of the molecule is O=C(c1cc(Br)cnc1Cl)N1CCCCC1CO. The van der Waals surface area contributed by atoms with Gasteiger partial charge < -0.3 is 10.0 Å². The van der Waals surface area contributed by atoms with Gasteiger partial charge in [-0.1, -0.05) is 11.6 Å². The highest BCUT2D eigenvalue weighted by atomic mass is 79.9. The predicted octanol–water partition coefficient (Wildman–Crippen LogP) is 2.48. The fourth-order valence-electron chi connectivity index (χ4n) is 2.19. The Balaban J connectivity index is 2.26. The summed E-state index contributed by atoms with van der Waals surface area (Å²) >= 11 is 9.24. The van der Waals surface area contributed by atoms with Crippen molar-refractivity contribution in [1.82, 2.24) is 9.88 Å². The summed E-state index contributed by atoms with van der Waals surface area (Å²) < 4.78 is 0.716. The lowest BCUT2D eigenvalue weighted by Crippen LogP contribution is -2.45. The highest BCUT2D eigenvalue weighted by molar-refractivity contribution is 9.10. The maximum absolute atomic E-state index is 12.4. The lowest BCUT2D eigenvalue weighted by molar-refractivity contribution is 0.0502. The molecule has 1 aromatic rings. The van der Waals surface area contributed by atoms with Gasteiger partial charge in [0.15, 0.2) is 0 Å². The molecule has 1 unspecified atom stereocenters. The van der Waals surface area contributed by atoms with E-state index in [0.29, 0.717) is 16.6 Å². The van der Waals surface area contributed by atoms with Crippen molar-refractivity contribution in [2.24, 2.45) is 0 Å². The van der Waals surface area contributed by atoms with E-state index in [1.165, 1.54) is 0 Å². The largest absolute Gasteiger partial charge is 0.394 e. The number of piperidine rings is 1. The molecule has 1 atom stereocenters. The zero-order valence-corrected chi connectivity index (χ0v) is 12.1. The second-order valence-electron chi connectivity index (χ2n) is 4.32. The third-order valence-corrected chi connectivity index (χ3v) is 3.87. The van der Waals surface area contributed by atoms with Crippen LogP contribution in [0, 0.1) is 0 Å². The number of rotatable bonds is 2. The van der Waals surface area contributed by atoms with Gasteiger partial charge in [-0.25, -0.2) is 4.98 Å². The van der Waals surface area contributed by atoms with Crippen LogP contribution in [0.1, 0.15) is 29.6 Å². The maximum atomic E-state index is 12.4. The molecule has 1 saturated heterocycles. The Kier molecular flexibility index (Phi) is 4.59. The summed E-state index contributed by atoms with van der Waals surface area (Å²) in [7, 11) is 0. The van der Waals surface area contributed by atoms with Gasteiger partial charge >= 0.3 is 0 Å². The normalized spacial score (nSPS) is 19.9. The summed E-state index contributed by atoms with van der Waals surface area (Å²) in [5.74, 6) is -0.160. The van der Waals surface area contributed by atoms with E-state index >= 15 is 0 Å². The molecule has 98 valence electrons. The Morgan fingerprint density at radius 3 is 3.11 bits per heavy atom. The first-order chi connectivity index (χ1) is 8.63. The van der Waals surface area contributed by atoms with Crippen LogP contribution in [0.4, 0.5) is 0 Å². The number of aromatic nitrogens is 1. The molecule has 0 spiro atoms. The molecule has 0 radical (unpaired) electrons. The Labute approximate surface area is 119 Å². The van der Waals surface area contributed by atoms with Crippen molar-refractivity contribution in [2.45, 2.75) is 25.3 Å². The van der Waals surface area contributed by atoms with Crippen LogP contribution in [0.3, 0.4) is 0 Å². The van der Waals surface area contributed by atoms with Crippen LogP contribution in [0.25, 0.3) is 0 Å². The first-order valence-electron chi connectivity index (χ1n) is 5.86. The lowest BCUT2D eigenvalue weighted by atomic mass is 10.0. The minimum absolute atomic E-state index is 0.00914. The van der Waals surface area contributed by atoms with E-state index in [0.717, 1.165) is 19.3 Å². The molecule has 1 amide bonds. The van der Waals surface area contributed by atoms with Gasteiger partial charge in [0, 0.05) is 17.2 Å². The molecule has 1 aliphatic rings. The van der Waals surface area contributed by atoms with E-state index in [2.05, 4.69) is 20.9 Å². The minimum atomic E-state index is -0.160. The molecule has 6 heteroatoms. The Bertz CT molecular complexity index is 456. The molecule has 2 rings (SSSR count). The molecule has 0 aromatic carbocycles. The summed E-state index contributed by atoms with van der Waals surface area (Å²) in [5, 5.41) is 9.53. The first kappa shape index (κ1) is 13.8. The molecule has 1 N–H and O–H groups in total. The standard InChI is InChI=1S/C12H14BrClN2O2/c13-8-5-10(11(14)15-6-8)12(18)16-4-2-1-3-9(16)7-17/h5-6,9,17H,1-4,7H2. The lowest BCUT2D eigenvalue weighted by Gasteiger charge is -2.34. The van der Waals surface area contributed by atoms with Crippen LogP contribution in [0.5, 0.6) is 0 Å². The van der Waals surface area contributed by atoms with Crippen molar-refractivity contribution >= 4 is 33.4 Å². The van der Waals surface area contributed by atoms with E-state index in [4.69, 9.17) is 11.6 Å². The van der Waals surface area contributed by atoms with Gasteiger partial charge in [0.1, 0.15) is 5.15 Å². The van der Waals surface area contributed by atoms with Crippen molar-refractivity contribution in [1.29, 1.82) is 0 Å². The summed E-state index contributed by atoms with van der Waals surface area (Å²) in [4.78, 5) is 18.1. The number of aliphatic hydroxyl groups excluding tert-OH is 1. The number of carbonyl (C=O) groups is 1. The van der Waals surface area contributed by atoms with Gasteiger partial charge in [-0.05, 0) is 41.3 Å². The van der Waals surface area contributed by atoms with Gasteiger partial charge in [0.2, 0.25) is 0 Å². The van der Waals surface area contributed by atoms with Crippen LogP contribution in [0.2, 0.25) is 5.15 Å². The zero-order valence-electron chi connectivity index (χ0n) is 9.77. The molecule has 0 aliphatic carbocycles. The van der Waals surface area contributed by atoms with E-state index in [-0.39, 0.29) is 23.7 Å². The van der Waals surface area contributed by atoms with E-state index in [1.54, 1.807) is 17.2 Å². The minimum Gasteiger partial charge on any atom is -0.394 e. The van der Waals surface area contributed by atoms with Crippen molar-refractivity contribution in [2.75, 3.05) is 13.2 Å². The second kappa shape index (κ2) is 5.99. The van der Waals surface area contributed by atoms with Gasteiger partial charge in [0.05, 0.1) is 18.2 Å². The van der Waals surface area contributed by atoms with Crippen LogP contribution in [-0.2, 0) is 0 Å². The van der Waals surface area contributed by atoms with Crippen molar-refractivity contribution in [3.8, 4) is 0 Å². The molecule has 1 fully saturated rings. The number of hydrogen-bond acceptors (Lipinski definition) is 3. The number of carbonyl (C=O) groups excluding carboxylic acids is 1. The van der Waals surface area contributed by atoms with E-state index < -0.39 is 0 Å². The summed E-state index contributed by atoms with van der Waals surface area (Å²) in [6.45, 7) is 0.650. The van der Waals surface area contributed by atoms with E-state index in [9.17, 15) is 9.90 Å². The van der Waals surface area contributed by atoms with Crippen LogP contribution in [-0.4, -0.2) is 40.1 Å². The van der Waals surface area contributed by atoms with Crippen LogP contribution >= 0.6 is 27.5 Å². The topological polar surface area (TPSA) is 53.4 Å². The summed E-state index contributed by atoms with van der Waals surface area (Å²) in [6.07, 6.45) is 4.39. The number of likely N-dealkylation sites (tertiary alicyclic amines) is 1. The number of pyridine rings is 1. The number of aliphatic hydroxyl groups is 1. The fourth-order valence-corrected chi connectivity index (χ4v) is 2.70. The molecule has 1 aromatic heterocycles. The number of amides is 1. The number of nitrogens with zero attached hydrogens (tertiary/aromatic N) is 2. The number of hydrogen-bond donors (Lipinski definition) is 1. The quantitative estimate of drug-likeness (QED) is 0.846. The molecular formula is C12H14BrClN2O2. The van der Waals surface area contributed by atoms with E-state index in [1.807, 2.05) is 0 Å². The molecule has 18 heavy (non-hydrogen) atoms. The van der Waals surface area contributed by atoms with Crippen molar-refractivity contribution < 1.29 is 9.90 Å². The molecule has 1 aliphatic heterocycles. The van der Waals surface area contributed by atoms with Crippen molar-refractivity contribution in [3.63, 3.8) is 0 Å². The predicted molar refractivity (Wildman–Crippen MR) is 72.7 cm³/mol. The molecule has 2 heterocycles. The van der Waals surface area contributed by atoms with Crippen LogP contribution < -0.4 is 0 Å². The summed E-state index contributed by atoms with van der Waals surface area (Å²) in [5.41, 5.74) is 0.381. The monoisotopic (exact) mass is 332 g/mol. The maximum Gasteiger partial charge on any atom is 0.257 e. The van der Waals surface area contributed by atoms with Crippen LogP contribution in [0.15, 0.2) is 16.7 Å². The average Bonchev–Trinajstić information content (AvgIpc) is 2.40. The highest BCUT2D eigenvalue weighted by Gasteiger charge is 2.28. The molecule has 0 bridgehead atoms. The average molecular weight is 334 g/mol. The number of halogens is 2. The Hall–Kier alpha value is -0.650. The van der Waals surface area contributed by atoms with Gasteiger partial charge in [0.25, 0.3) is 5.91 Å². The third kappa shape index (κ3) is 2.84. The molecule has 0 saturated carbocycles. The third-order valence-electron chi connectivity index (χ3n) is 3.13. The van der Waals surface area contributed by atoms with Gasteiger partial charge in [-0.2, -0.15) is 0 Å². The van der Waals surface area contributed by atoms with Crippen molar-refractivity contribution in [3.05, 3.63) is 27.5 Å². The summed E-state index contributed by atoms with van der Waals surface area (Å²) in [6, 6.07) is 1.56. The smallest absolute Gasteiger partial charge is 0.257 e. The second-order valence-corrected chi connectivity index (χ2v) is 5.60. The fraction of sp³-hybridized carbons (Fsp3) is 0.500. The van der Waals surface area contributed by atoms with Gasteiger partial charge in [-0.15, -0.1) is 0 Å². The Morgan fingerprint density at radius 2 is 2.39 bits per heavy atom. The first-order valence-corrected chi connectivity index (χ1v) is 7.03. The highest BCUT2D eigenvalue weighted by Crippen LogP contribution is 2.24. The Morgan fingerprint density at radius 1 is 1.61 bits per heavy atom. The molecular weight excluding hydrogens is 320 g/mol.